The van der Waals surface area contributed by atoms with Crippen molar-refractivity contribution in [2.75, 3.05) is 13.2 Å². The molecule has 0 saturated heterocycles. The van der Waals surface area contributed by atoms with Gasteiger partial charge in [-0.15, -0.1) is 0 Å². The Morgan fingerprint density at radius 3 is 2.88 bits per heavy atom. The van der Waals surface area contributed by atoms with Crippen LogP contribution in [0.3, 0.4) is 0 Å². The Morgan fingerprint density at radius 2 is 2.24 bits per heavy atom. The molecule has 2 nitrogen and oxygen atoms in total. The van der Waals surface area contributed by atoms with Crippen molar-refractivity contribution in [3.05, 3.63) is 40.9 Å². The highest BCUT2D eigenvalue weighted by Gasteiger charge is 2.07. The summed E-state index contributed by atoms with van der Waals surface area (Å²) < 4.78 is 5.69. The largest absolute Gasteiger partial charge is 0.489 e. The van der Waals surface area contributed by atoms with Gasteiger partial charge in [0.2, 0.25) is 0 Å². The maximum atomic E-state index is 6.18. The van der Waals surface area contributed by atoms with Crippen molar-refractivity contribution in [3.63, 3.8) is 0 Å². The molecule has 0 spiro atoms. The summed E-state index contributed by atoms with van der Waals surface area (Å²) in [6.45, 7) is 10.1. The van der Waals surface area contributed by atoms with Crippen LogP contribution in [0.2, 0.25) is 5.02 Å². The molecule has 1 aromatic carbocycles. The van der Waals surface area contributed by atoms with Gasteiger partial charge in [0.15, 0.2) is 0 Å². The van der Waals surface area contributed by atoms with Crippen molar-refractivity contribution in [3.8, 4) is 5.75 Å². The van der Waals surface area contributed by atoms with Crippen LogP contribution in [0.5, 0.6) is 5.75 Å². The minimum atomic E-state index is 0.529. The lowest BCUT2D eigenvalue weighted by molar-refractivity contribution is 0.347. The van der Waals surface area contributed by atoms with Crippen molar-refractivity contribution >= 4 is 11.6 Å². The van der Waals surface area contributed by atoms with Crippen molar-refractivity contribution in [1.82, 2.24) is 5.32 Å². The van der Waals surface area contributed by atoms with Gasteiger partial charge in [-0.05, 0) is 37.6 Å². The van der Waals surface area contributed by atoms with E-state index in [-0.39, 0.29) is 0 Å². The van der Waals surface area contributed by atoms with Crippen LogP contribution in [0.15, 0.2) is 30.4 Å². The summed E-state index contributed by atoms with van der Waals surface area (Å²) in [5.41, 5.74) is 2.02. The van der Waals surface area contributed by atoms with E-state index in [4.69, 9.17) is 16.3 Å². The lowest BCUT2D eigenvalue weighted by atomic mass is 10.2. The third-order valence-corrected chi connectivity index (χ3v) is 2.63. The molecule has 0 aromatic heterocycles. The van der Waals surface area contributed by atoms with Gasteiger partial charge in [0.1, 0.15) is 12.4 Å². The van der Waals surface area contributed by atoms with E-state index in [9.17, 15) is 0 Å². The molecule has 94 valence electrons. The Kier molecular flexibility index (Phi) is 6.09. The highest BCUT2D eigenvalue weighted by atomic mass is 35.5. The molecule has 1 rings (SSSR count). The van der Waals surface area contributed by atoms with Gasteiger partial charge < -0.3 is 10.1 Å². The molecule has 1 aromatic rings. The number of hydrogen-bond donors (Lipinski definition) is 1. The number of benzene rings is 1. The Morgan fingerprint density at radius 1 is 1.47 bits per heavy atom. The summed E-state index contributed by atoms with van der Waals surface area (Å²) in [7, 11) is 0. The van der Waals surface area contributed by atoms with Crippen molar-refractivity contribution in [2.24, 2.45) is 0 Å². The summed E-state index contributed by atoms with van der Waals surface area (Å²) in [4.78, 5) is 0. The highest BCUT2D eigenvalue weighted by Crippen LogP contribution is 2.26. The highest BCUT2D eigenvalue weighted by molar-refractivity contribution is 6.31. The summed E-state index contributed by atoms with van der Waals surface area (Å²) >= 11 is 6.18. The van der Waals surface area contributed by atoms with Gasteiger partial charge in [-0.2, -0.15) is 0 Å². The standard InChI is InChI=1S/C14H20ClNO/c1-4-8-16-9-12-13(15)6-5-7-14(12)17-10-11(2)3/h5-7,16H,2,4,8-10H2,1,3H3. The molecular weight excluding hydrogens is 234 g/mol. The fraction of sp³-hybridized carbons (Fsp3) is 0.429. The second kappa shape index (κ2) is 7.36. The van der Waals surface area contributed by atoms with Gasteiger partial charge in [-0.1, -0.05) is 31.2 Å². The molecule has 0 atom stereocenters. The smallest absolute Gasteiger partial charge is 0.125 e. The second-order valence-corrected chi connectivity index (χ2v) is 4.55. The van der Waals surface area contributed by atoms with Crippen molar-refractivity contribution in [1.29, 1.82) is 0 Å². The first-order valence-electron chi connectivity index (χ1n) is 5.90. The quantitative estimate of drug-likeness (QED) is 0.590. The molecule has 3 heteroatoms. The Bertz CT molecular complexity index is 376. The van der Waals surface area contributed by atoms with Crippen LogP contribution < -0.4 is 10.1 Å². The van der Waals surface area contributed by atoms with Crippen LogP contribution in [0.4, 0.5) is 0 Å². The van der Waals surface area contributed by atoms with Crippen LogP contribution in [0, 0.1) is 0 Å². The average Bonchev–Trinajstić information content (AvgIpc) is 2.29. The molecule has 0 aliphatic heterocycles. The predicted molar refractivity (Wildman–Crippen MR) is 73.8 cm³/mol. The molecular formula is C14H20ClNO. The third kappa shape index (κ3) is 4.80. The molecule has 0 unspecified atom stereocenters. The van der Waals surface area contributed by atoms with Crippen LogP contribution in [-0.4, -0.2) is 13.2 Å². The lowest BCUT2D eigenvalue weighted by Crippen LogP contribution is -2.15. The number of ether oxygens (including phenoxy) is 1. The van der Waals surface area contributed by atoms with Gasteiger partial charge in [0.05, 0.1) is 0 Å². The van der Waals surface area contributed by atoms with E-state index in [2.05, 4.69) is 18.8 Å². The van der Waals surface area contributed by atoms with Crippen LogP contribution >= 0.6 is 11.6 Å². The summed E-state index contributed by atoms with van der Waals surface area (Å²) in [6, 6.07) is 5.73. The zero-order chi connectivity index (χ0) is 12.7. The van der Waals surface area contributed by atoms with E-state index in [0.717, 1.165) is 41.4 Å². The first-order chi connectivity index (χ1) is 8.15. The zero-order valence-corrected chi connectivity index (χ0v) is 11.3. The Balaban J connectivity index is 2.73. The van der Waals surface area contributed by atoms with E-state index in [1.807, 2.05) is 25.1 Å². The maximum absolute atomic E-state index is 6.18. The maximum Gasteiger partial charge on any atom is 0.125 e. The number of rotatable bonds is 7. The van der Waals surface area contributed by atoms with Gasteiger partial charge in [0, 0.05) is 17.1 Å². The number of halogens is 1. The molecule has 0 heterocycles. The van der Waals surface area contributed by atoms with Crippen LogP contribution in [0.25, 0.3) is 0 Å². The monoisotopic (exact) mass is 253 g/mol. The van der Waals surface area contributed by atoms with Gasteiger partial charge in [0.25, 0.3) is 0 Å². The molecule has 0 aliphatic rings. The van der Waals surface area contributed by atoms with Crippen LogP contribution in [0.1, 0.15) is 25.8 Å². The molecule has 0 radical (unpaired) electrons. The Labute approximate surface area is 109 Å². The minimum Gasteiger partial charge on any atom is -0.489 e. The topological polar surface area (TPSA) is 21.3 Å². The fourth-order valence-electron chi connectivity index (χ4n) is 1.44. The SMILES string of the molecule is C=C(C)COc1cccc(Cl)c1CNCCC. The van der Waals surface area contributed by atoms with Crippen molar-refractivity contribution < 1.29 is 4.74 Å². The lowest BCUT2D eigenvalue weighted by Gasteiger charge is -2.13. The third-order valence-electron chi connectivity index (χ3n) is 2.28. The van der Waals surface area contributed by atoms with E-state index < -0.39 is 0 Å². The zero-order valence-electron chi connectivity index (χ0n) is 10.6. The summed E-state index contributed by atoms with van der Waals surface area (Å²) in [6.07, 6.45) is 1.10. The Hall–Kier alpha value is -0.990. The molecule has 0 bridgehead atoms. The molecule has 0 amide bonds. The second-order valence-electron chi connectivity index (χ2n) is 4.14. The van der Waals surface area contributed by atoms with E-state index in [1.54, 1.807) is 0 Å². The van der Waals surface area contributed by atoms with Crippen LogP contribution in [-0.2, 0) is 6.54 Å². The van der Waals surface area contributed by atoms with E-state index in [1.165, 1.54) is 0 Å². The minimum absolute atomic E-state index is 0.529. The number of hydrogen-bond acceptors (Lipinski definition) is 2. The first kappa shape index (κ1) is 14.1. The van der Waals surface area contributed by atoms with E-state index >= 15 is 0 Å². The molecule has 0 aliphatic carbocycles. The van der Waals surface area contributed by atoms with Gasteiger partial charge in [-0.3, -0.25) is 0 Å². The summed E-state index contributed by atoms with van der Waals surface area (Å²) in [5, 5.41) is 4.08. The predicted octanol–water partition coefficient (Wildman–Crippen LogP) is 3.79. The van der Waals surface area contributed by atoms with Gasteiger partial charge >= 0.3 is 0 Å². The first-order valence-corrected chi connectivity index (χ1v) is 6.28. The number of nitrogens with one attached hydrogen (secondary N) is 1. The molecule has 0 fully saturated rings. The normalized spacial score (nSPS) is 10.3. The molecule has 0 saturated carbocycles. The summed E-state index contributed by atoms with van der Waals surface area (Å²) in [5.74, 6) is 0.837. The molecule has 17 heavy (non-hydrogen) atoms. The van der Waals surface area contributed by atoms with Gasteiger partial charge in [-0.25, -0.2) is 0 Å². The van der Waals surface area contributed by atoms with E-state index in [0.29, 0.717) is 6.61 Å². The van der Waals surface area contributed by atoms with Crippen molar-refractivity contribution in [2.45, 2.75) is 26.8 Å². The fourth-order valence-corrected chi connectivity index (χ4v) is 1.67. The average molecular weight is 254 g/mol. The molecule has 1 N–H and O–H groups in total.